The molecule has 5 rings (SSSR count). The van der Waals surface area contributed by atoms with E-state index in [1.54, 1.807) is 0 Å². The first kappa shape index (κ1) is 14.4. The first-order chi connectivity index (χ1) is 12.4. The van der Waals surface area contributed by atoms with Crippen molar-refractivity contribution in [1.29, 1.82) is 0 Å². The van der Waals surface area contributed by atoms with Gasteiger partial charge in [0.2, 0.25) is 0 Å². The molecule has 0 N–H and O–H groups in total. The lowest BCUT2D eigenvalue weighted by molar-refractivity contribution is 1.78. The summed E-state index contributed by atoms with van der Waals surface area (Å²) in [6.07, 6.45) is 0. The van der Waals surface area contributed by atoms with Crippen LogP contribution in [0.1, 0.15) is 0 Å². The van der Waals surface area contributed by atoms with E-state index in [2.05, 4.69) is 96.4 Å². The molecule has 0 aromatic carbocycles. The smallest absolute Gasteiger partial charge is 0.0421 e. The molecule has 0 fully saturated rings. The van der Waals surface area contributed by atoms with Crippen molar-refractivity contribution in [3.8, 4) is 43.8 Å². The molecular formula is C24H16S. The third-order valence-electron chi connectivity index (χ3n) is 4.70. The molecule has 0 nitrogen and oxygen atoms in total. The van der Waals surface area contributed by atoms with Gasteiger partial charge in [-0.3, -0.25) is 0 Å². The van der Waals surface area contributed by atoms with Crippen molar-refractivity contribution in [1.82, 2.24) is 0 Å². The first-order valence-corrected chi connectivity index (χ1v) is 9.32. The third-order valence-corrected chi connectivity index (χ3v) is 5.66. The van der Waals surface area contributed by atoms with E-state index in [9.17, 15) is 0 Å². The standard InChI is InChI=1S/C24H16S/c1-3-7-17-13-21(14-18(17)8-4-1)23-11-12-25-24(23)22-15-19-9-5-2-6-10-20(19)16-22/h1-16H. The number of thiophene rings is 1. The van der Waals surface area contributed by atoms with Gasteiger partial charge in [-0.15, -0.1) is 11.3 Å². The molecule has 0 saturated heterocycles. The highest BCUT2D eigenvalue weighted by Gasteiger charge is 2.15. The Bertz CT molecular complexity index is 954. The van der Waals surface area contributed by atoms with Crippen LogP contribution in [0.4, 0.5) is 0 Å². The zero-order valence-corrected chi connectivity index (χ0v) is 14.5. The molecule has 0 saturated carbocycles. The highest BCUT2D eigenvalue weighted by molar-refractivity contribution is 7.14. The van der Waals surface area contributed by atoms with Crippen molar-refractivity contribution in [2.24, 2.45) is 0 Å². The van der Waals surface area contributed by atoms with Gasteiger partial charge in [0.15, 0.2) is 0 Å². The maximum Gasteiger partial charge on any atom is 0.0421 e. The summed E-state index contributed by atoms with van der Waals surface area (Å²) in [4.78, 5) is 1.35. The molecule has 1 heterocycles. The van der Waals surface area contributed by atoms with E-state index in [0.717, 1.165) is 0 Å². The monoisotopic (exact) mass is 336 g/mol. The van der Waals surface area contributed by atoms with Crippen molar-refractivity contribution in [3.05, 3.63) is 96.4 Å². The van der Waals surface area contributed by atoms with Gasteiger partial charge in [-0.05, 0) is 69.1 Å². The van der Waals surface area contributed by atoms with Crippen molar-refractivity contribution < 1.29 is 0 Å². The highest BCUT2D eigenvalue weighted by Crippen LogP contribution is 2.42. The maximum absolute atomic E-state index is 2.30. The minimum Gasteiger partial charge on any atom is -0.143 e. The minimum atomic E-state index is 1.29. The van der Waals surface area contributed by atoms with Crippen molar-refractivity contribution in [3.63, 3.8) is 0 Å². The Morgan fingerprint density at radius 1 is 0.440 bits per heavy atom. The second kappa shape index (κ2) is 5.87. The molecule has 118 valence electrons. The van der Waals surface area contributed by atoms with Crippen LogP contribution in [-0.2, 0) is 0 Å². The summed E-state index contributed by atoms with van der Waals surface area (Å²) in [5.41, 5.74) is 9.09. The van der Waals surface area contributed by atoms with Crippen LogP contribution in [0.25, 0.3) is 43.8 Å². The van der Waals surface area contributed by atoms with E-state index in [1.165, 1.54) is 43.8 Å². The Hall–Kier alpha value is -2.90. The summed E-state index contributed by atoms with van der Waals surface area (Å²) >= 11 is 1.82. The Labute approximate surface area is 151 Å². The SMILES string of the molecule is c1ccc2cc(-c3ccsc3-c3cc4cccccc-4c3)cc-2cc1. The molecular weight excluding hydrogens is 320 g/mol. The van der Waals surface area contributed by atoms with Crippen molar-refractivity contribution in [2.75, 3.05) is 0 Å². The van der Waals surface area contributed by atoms with Gasteiger partial charge in [-0.25, -0.2) is 0 Å². The Kier molecular flexibility index (Phi) is 3.39. The summed E-state index contributed by atoms with van der Waals surface area (Å²) in [7, 11) is 0. The molecule has 0 aliphatic heterocycles. The molecule has 0 atom stereocenters. The molecule has 25 heavy (non-hydrogen) atoms. The van der Waals surface area contributed by atoms with Gasteiger partial charge in [0.05, 0.1) is 0 Å². The molecule has 1 heteroatoms. The maximum atomic E-state index is 2.30. The fourth-order valence-corrected chi connectivity index (χ4v) is 4.38. The van der Waals surface area contributed by atoms with Crippen LogP contribution in [-0.4, -0.2) is 0 Å². The summed E-state index contributed by atoms with van der Waals surface area (Å²) in [5, 5.41) is 2.19. The van der Waals surface area contributed by atoms with Gasteiger partial charge in [-0.1, -0.05) is 60.7 Å². The molecule has 0 spiro atoms. The number of fused-ring (bicyclic) bond motifs is 2. The quantitative estimate of drug-likeness (QED) is 0.317. The van der Waals surface area contributed by atoms with Gasteiger partial charge in [0.1, 0.15) is 0 Å². The minimum absolute atomic E-state index is 1.29. The van der Waals surface area contributed by atoms with E-state index in [-0.39, 0.29) is 0 Å². The van der Waals surface area contributed by atoms with E-state index < -0.39 is 0 Å². The zero-order valence-electron chi connectivity index (χ0n) is 13.6. The predicted molar refractivity (Wildman–Crippen MR) is 108 cm³/mol. The van der Waals surface area contributed by atoms with Gasteiger partial charge >= 0.3 is 0 Å². The molecule has 4 aliphatic carbocycles. The van der Waals surface area contributed by atoms with Gasteiger partial charge in [0, 0.05) is 10.4 Å². The lowest BCUT2D eigenvalue weighted by Gasteiger charge is -1.99. The lowest BCUT2D eigenvalue weighted by Crippen LogP contribution is -1.72. The molecule has 0 amide bonds. The lowest BCUT2D eigenvalue weighted by atomic mass is 10.1. The predicted octanol–water partition coefficient (Wildman–Crippen LogP) is 7.29. The molecule has 1 aromatic heterocycles. The molecule has 0 bridgehead atoms. The van der Waals surface area contributed by atoms with Gasteiger partial charge < -0.3 is 0 Å². The van der Waals surface area contributed by atoms with Crippen LogP contribution in [0.2, 0.25) is 0 Å². The third kappa shape index (κ3) is 2.54. The average Bonchev–Trinajstić information content (AvgIpc) is 3.27. The largest absolute Gasteiger partial charge is 0.143 e. The second-order valence-electron chi connectivity index (χ2n) is 6.29. The van der Waals surface area contributed by atoms with Crippen LogP contribution >= 0.6 is 11.3 Å². The van der Waals surface area contributed by atoms with Crippen LogP contribution < -0.4 is 0 Å². The highest BCUT2D eigenvalue weighted by atomic mass is 32.1. The number of rotatable bonds is 2. The molecule has 0 unspecified atom stereocenters. The Morgan fingerprint density at radius 3 is 1.44 bits per heavy atom. The fourth-order valence-electron chi connectivity index (χ4n) is 3.48. The number of hydrogen-bond acceptors (Lipinski definition) is 1. The Morgan fingerprint density at radius 2 is 0.920 bits per heavy atom. The summed E-state index contributed by atoms with van der Waals surface area (Å²) in [6, 6.07) is 32.7. The molecule has 4 aliphatic rings. The van der Waals surface area contributed by atoms with Gasteiger partial charge in [0.25, 0.3) is 0 Å². The topological polar surface area (TPSA) is 0 Å². The second-order valence-corrected chi connectivity index (χ2v) is 7.21. The van der Waals surface area contributed by atoms with Crippen molar-refractivity contribution in [2.45, 2.75) is 0 Å². The number of hydrogen-bond donors (Lipinski definition) is 0. The summed E-state index contributed by atoms with van der Waals surface area (Å²) in [5.74, 6) is 0. The van der Waals surface area contributed by atoms with Crippen LogP contribution in [0, 0.1) is 0 Å². The van der Waals surface area contributed by atoms with Gasteiger partial charge in [-0.2, -0.15) is 0 Å². The summed E-state index contributed by atoms with van der Waals surface area (Å²) in [6.45, 7) is 0. The van der Waals surface area contributed by atoms with Crippen LogP contribution in [0.3, 0.4) is 0 Å². The van der Waals surface area contributed by atoms with Crippen molar-refractivity contribution >= 4 is 11.3 Å². The van der Waals surface area contributed by atoms with Crippen LogP contribution in [0.15, 0.2) is 96.4 Å². The molecule has 0 radical (unpaired) electrons. The van der Waals surface area contributed by atoms with E-state index in [1.807, 2.05) is 11.3 Å². The van der Waals surface area contributed by atoms with E-state index in [0.29, 0.717) is 0 Å². The molecule has 1 aromatic rings. The van der Waals surface area contributed by atoms with E-state index in [4.69, 9.17) is 0 Å². The zero-order chi connectivity index (χ0) is 16.6. The Balaban J connectivity index is 1.67. The average molecular weight is 336 g/mol. The normalized spacial score (nSPS) is 11.2. The van der Waals surface area contributed by atoms with Crippen LogP contribution in [0.5, 0.6) is 0 Å². The summed E-state index contributed by atoms with van der Waals surface area (Å²) < 4.78 is 0. The fraction of sp³-hybridized carbons (Fsp3) is 0. The van der Waals surface area contributed by atoms with E-state index >= 15 is 0 Å². The first-order valence-electron chi connectivity index (χ1n) is 8.44.